The van der Waals surface area contributed by atoms with E-state index in [0.717, 1.165) is 19.3 Å². The maximum atomic E-state index is 12.5. The first kappa shape index (κ1) is 14.8. The fourth-order valence-electron chi connectivity index (χ4n) is 3.81. The second-order valence-corrected chi connectivity index (χ2v) is 7.12. The highest BCUT2D eigenvalue weighted by molar-refractivity contribution is 5.90. The Morgan fingerprint density at radius 2 is 2.00 bits per heavy atom. The van der Waals surface area contributed by atoms with E-state index < -0.39 is 5.54 Å². The first-order valence-corrected chi connectivity index (χ1v) is 7.85. The van der Waals surface area contributed by atoms with Gasteiger partial charge in [0, 0.05) is 36.9 Å². The van der Waals surface area contributed by atoms with E-state index in [1.807, 2.05) is 13.8 Å². The van der Waals surface area contributed by atoms with Gasteiger partial charge in [0.15, 0.2) is 0 Å². The Bertz CT molecular complexity index is 461. The van der Waals surface area contributed by atoms with Gasteiger partial charge in [-0.3, -0.25) is 9.59 Å². The summed E-state index contributed by atoms with van der Waals surface area (Å²) in [6.07, 6.45) is 3.36. The molecule has 3 unspecified atom stereocenters. The number of ether oxygens (including phenoxy) is 1. The Balaban J connectivity index is 1.51. The van der Waals surface area contributed by atoms with Crippen molar-refractivity contribution in [2.75, 3.05) is 13.2 Å². The average Bonchev–Trinajstić information content (AvgIpc) is 3.09. The van der Waals surface area contributed by atoms with Crippen molar-refractivity contribution in [3.63, 3.8) is 0 Å². The molecular weight excluding hydrogens is 270 g/mol. The van der Waals surface area contributed by atoms with Crippen molar-refractivity contribution < 1.29 is 14.3 Å². The highest BCUT2D eigenvalue weighted by Gasteiger charge is 2.71. The Labute approximate surface area is 125 Å². The summed E-state index contributed by atoms with van der Waals surface area (Å²) in [7, 11) is 0. The maximum absolute atomic E-state index is 12.5. The molecule has 0 aromatic rings. The molecule has 2 amide bonds. The summed E-state index contributed by atoms with van der Waals surface area (Å²) in [5, 5.41) is 5.74. The van der Waals surface area contributed by atoms with Crippen LogP contribution in [0.4, 0.5) is 0 Å². The summed E-state index contributed by atoms with van der Waals surface area (Å²) in [6.45, 7) is 4.98. The Hall–Kier alpha value is -1.14. The number of fused-ring (bicyclic) bond motifs is 1. The van der Waals surface area contributed by atoms with Gasteiger partial charge in [-0.25, -0.2) is 0 Å². The number of hydrogen-bond donors (Lipinski definition) is 3. The molecule has 6 nitrogen and oxygen atoms in total. The smallest absolute Gasteiger partial charge is 0.241 e. The standard InChI is InChI=1S/C15H25N3O3/c1-14(2)12-10(6-8-21-12)15(14,16)13(20)17-7-5-11(19)18-9-3-4-9/h9-10,12H,3-8,16H2,1-2H3,(H,17,20)(H,18,19). The molecule has 3 aliphatic rings. The predicted octanol–water partition coefficient (Wildman–Crippen LogP) is -0.0863. The molecule has 0 aromatic carbocycles. The number of amides is 2. The van der Waals surface area contributed by atoms with Gasteiger partial charge in [0.1, 0.15) is 5.54 Å². The fourth-order valence-corrected chi connectivity index (χ4v) is 3.81. The number of carbonyl (C=O) groups excluding carboxylic acids is 2. The highest BCUT2D eigenvalue weighted by Crippen LogP contribution is 2.58. The van der Waals surface area contributed by atoms with Crippen LogP contribution < -0.4 is 16.4 Å². The lowest BCUT2D eigenvalue weighted by Gasteiger charge is -2.60. The van der Waals surface area contributed by atoms with Gasteiger partial charge in [-0.1, -0.05) is 13.8 Å². The van der Waals surface area contributed by atoms with E-state index in [1.165, 1.54) is 0 Å². The van der Waals surface area contributed by atoms with Gasteiger partial charge in [-0.05, 0) is 19.3 Å². The molecule has 0 radical (unpaired) electrons. The van der Waals surface area contributed by atoms with Crippen molar-refractivity contribution in [3.8, 4) is 0 Å². The highest BCUT2D eigenvalue weighted by atomic mass is 16.5. The van der Waals surface area contributed by atoms with Crippen LogP contribution in [0.1, 0.15) is 39.5 Å². The van der Waals surface area contributed by atoms with Gasteiger partial charge < -0.3 is 21.1 Å². The van der Waals surface area contributed by atoms with Crippen LogP contribution in [-0.4, -0.2) is 42.7 Å². The summed E-state index contributed by atoms with van der Waals surface area (Å²) in [5.41, 5.74) is 5.17. The van der Waals surface area contributed by atoms with Crippen molar-refractivity contribution in [3.05, 3.63) is 0 Å². The molecule has 0 spiro atoms. The zero-order valence-electron chi connectivity index (χ0n) is 12.8. The van der Waals surface area contributed by atoms with Gasteiger partial charge in [-0.2, -0.15) is 0 Å². The van der Waals surface area contributed by atoms with E-state index in [-0.39, 0.29) is 29.3 Å². The third-order valence-corrected chi connectivity index (χ3v) is 5.41. The van der Waals surface area contributed by atoms with Crippen molar-refractivity contribution in [1.29, 1.82) is 0 Å². The number of rotatable bonds is 5. The summed E-state index contributed by atoms with van der Waals surface area (Å²) in [6, 6.07) is 0.357. The number of nitrogens with two attached hydrogens (primary N) is 1. The van der Waals surface area contributed by atoms with E-state index in [4.69, 9.17) is 10.5 Å². The molecule has 3 fully saturated rings. The third-order valence-electron chi connectivity index (χ3n) is 5.41. The Morgan fingerprint density at radius 1 is 1.29 bits per heavy atom. The summed E-state index contributed by atoms with van der Waals surface area (Å²) in [4.78, 5) is 24.1. The van der Waals surface area contributed by atoms with Gasteiger partial charge in [0.05, 0.1) is 6.10 Å². The quantitative estimate of drug-likeness (QED) is 0.661. The largest absolute Gasteiger partial charge is 0.377 e. The predicted molar refractivity (Wildman–Crippen MR) is 77.3 cm³/mol. The lowest BCUT2D eigenvalue weighted by molar-refractivity contribution is -0.175. The average molecular weight is 295 g/mol. The molecule has 6 heteroatoms. The second kappa shape index (κ2) is 4.95. The van der Waals surface area contributed by atoms with E-state index in [0.29, 0.717) is 25.6 Å². The van der Waals surface area contributed by atoms with Crippen LogP contribution in [0.25, 0.3) is 0 Å². The van der Waals surface area contributed by atoms with Crippen molar-refractivity contribution in [2.45, 2.75) is 57.2 Å². The zero-order valence-corrected chi connectivity index (χ0v) is 12.8. The molecule has 1 saturated heterocycles. The summed E-state index contributed by atoms with van der Waals surface area (Å²) in [5.74, 6) is -0.0647. The normalized spacial score (nSPS) is 36.5. The van der Waals surface area contributed by atoms with Crippen LogP contribution in [0.15, 0.2) is 0 Å². The molecule has 3 rings (SSSR count). The first-order valence-electron chi connectivity index (χ1n) is 7.85. The molecule has 1 aliphatic heterocycles. The van der Waals surface area contributed by atoms with E-state index in [1.54, 1.807) is 0 Å². The third kappa shape index (κ3) is 2.25. The molecule has 118 valence electrons. The van der Waals surface area contributed by atoms with Gasteiger partial charge >= 0.3 is 0 Å². The zero-order chi connectivity index (χ0) is 15.3. The molecule has 4 N–H and O–H groups in total. The second-order valence-electron chi connectivity index (χ2n) is 7.12. The topological polar surface area (TPSA) is 93.4 Å². The van der Waals surface area contributed by atoms with Crippen LogP contribution in [0.2, 0.25) is 0 Å². The van der Waals surface area contributed by atoms with Crippen LogP contribution in [0, 0.1) is 11.3 Å². The van der Waals surface area contributed by atoms with Crippen molar-refractivity contribution in [2.24, 2.45) is 17.1 Å². The van der Waals surface area contributed by atoms with E-state index in [9.17, 15) is 9.59 Å². The fraction of sp³-hybridized carbons (Fsp3) is 0.867. The Morgan fingerprint density at radius 3 is 2.67 bits per heavy atom. The van der Waals surface area contributed by atoms with Crippen LogP contribution >= 0.6 is 0 Å². The van der Waals surface area contributed by atoms with E-state index in [2.05, 4.69) is 10.6 Å². The SMILES string of the molecule is CC1(C)C2OCCC2C1(N)C(=O)NCCC(=O)NC1CC1. The maximum Gasteiger partial charge on any atom is 0.241 e. The van der Waals surface area contributed by atoms with Gasteiger partial charge in [0.2, 0.25) is 11.8 Å². The first-order chi connectivity index (χ1) is 9.87. The van der Waals surface area contributed by atoms with Crippen LogP contribution in [0.5, 0.6) is 0 Å². The van der Waals surface area contributed by atoms with Crippen molar-refractivity contribution >= 4 is 11.8 Å². The van der Waals surface area contributed by atoms with Gasteiger partial charge in [0.25, 0.3) is 0 Å². The molecule has 3 atom stereocenters. The van der Waals surface area contributed by atoms with Crippen molar-refractivity contribution in [1.82, 2.24) is 10.6 Å². The number of carbonyl (C=O) groups is 2. The molecule has 0 bridgehead atoms. The number of hydrogen-bond acceptors (Lipinski definition) is 4. The minimum Gasteiger partial charge on any atom is -0.377 e. The molecule has 1 heterocycles. The molecular formula is C15H25N3O3. The lowest BCUT2D eigenvalue weighted by atomic mass is 9.48. The van der Waals surface area contributed by atoms with Gasteiger partial charge in [-0.15, -0.1) is 0 Å². The van der Waals surface area contributed by atoms with E-state index >= 15 is 0 Å². The summed E-state index contributed by atoms with van der Waals surface area (Å²) < 4.78 is 5.68. The summed E-state index contributed by atoms with van der Waals surface area (Å²) >= 11 is 0. The molecule has 21 heavy (non-hydrogen) atoms. The van der Waals surface area contributed by atoms with Crippen LogP contribution in [0.3, 0.4) is 0 Å². The lowest BCUT2D eigenvalue weighted by Crippen LogP contribution is -2.80. The monoisotopic (exact) mass is 295 g/mol. The molecule has 2 aliphatic carbocycles. The molecule has 2 saturated carbocycles. The Kier molecular flexibility index (Phi) is 3.48. The minimum absolute atomic E-state index is 0.00110. The minimum atomic E-state index is -0.888. The molecule has 0 aromatic heterocycles. The number of nitrogens with one attached hydrogen (secondary N) is 2. The van der Waals surface area contributed by atoms with Crippen LogP contribution in [-0.2, 0) is 14.3 Å².